The van der Waals surface area contributed by atoms with Gasteiger partial charge in [0.1, 0.15) is 5.82 Å². The minimum atomic E-state index is 0.0636. The lowest BCUT2D eigenvalue weighted by Gasteiger charge is -2.32. The van der Waals surface area contributed by atoms with Gasteiger partial charge in [-0.1, -0.05) is 12.1 Å². The zero-order valence-corrected chi connectivity index (χ0v) is 15.0. The molecule has 0 bridgehead atoms. The molecule has 1 atom stereocenters. The summed E-state index contributed by atoms with van der Waals surface area (Å²) >= 11 is 0. The molecule has 5 nitrogen and oxygen atoms in total. The smallest absolute Gasteiger partial charge is 0.216 e. The number of amides is 1. The molecule has 5 heteroatoms. The molecule has 1 fully saturated rings. The Morgan fingerprint density at radius 2 is 2.17 bits per heavy atom. The topological polar surface area (TPSA) is 50.2 Å². The van der Waals surface area contributed by atoms with Gasteiger partial charge in [0.2, 0.25) is 5.91 Å². The molecule has 24 heavy (non-hydrogen) atoms. The molecule has 1 aromatic carbocycles. The van der Waals surface area contributed by atoms with Crippen molar-refractivity contribution in [1.82, 2.24) is 19.8 Å². The van der Waals surface area contributed by atoms with Crippen LogP contribution in [0.15, 0.2) is 24.3 Å². The van der Waals surface area contributed by atoms with E-state index < -0.39 is 0 Å². The fourth-order valence-corrected chi connectivity index (χ4v) is 3.73. The summed E-state index contributed by atoms with van der Waals surface area (Å²) in [6.07, 6.45) is 2.38. The fraction of sp³-hybridized carbons (Fsp3) is 0.579. The summed E-state index contributed by atoms with van der Waals surface area (Å²) in [5.74, 6) is 1.75. The zero-order chi connectivity index (χ0) is 17.1. The normalized spacial score (nSPS) is 19.1. The molecule has 1 amide bonds. The second-order valence-electron chi connectivity index (χ2n) is 7.16. The number of benzene rings is 1. The van der Waals surface area contributed by atoms with Crippen LogP contribution >= 0.6 is 0 Å². The number of para-hydroxylation sites is 2. The Morgan fingerprint density at radius 3 is 2.92 bits per heavy atom. The van der Waals surface area contributed by atoms with Gasteiger partial charge in [-0.25, -0.2) is 4.98 Å². The minimum Gasteiger partial charge on any atom is -0.356 e. The van der Waals surface area contributed by atoms with E-state index >= 15 is 0 Å². The number of carbonyl (C=O) groups excluding carboxylic acids is 1. The third-order valence-electron chi connectivity index (χ3n) is 4.79. The van der Waals surface area contributed by atoms with Crippen molar-refractivity contribution in [3.8, 4) is 0 Å². The monoisotopic (exact) mass is 328 g/mol. The Hall–Kier alpha value is -1.88. The lowest BCUT2D eigenvalue weighted by molar-refractivity contribution is -0.119. The molecule has 1 aromatic heterocycles. The molecule has 0 radical (unpaired) electrons. The van der Waals surface area contributed by atoms with Crippen molar-refractivity contribution in [1.29, 1.82) is 0 Å². The van der Waals surface area contributed by atoms with Crippen LogP contribution in [0.4, 0.5) is 0 Å². The number of hydrogen-bond donors (Lipinski definition) is 1. The van der Waals surface area contributed by atoms with Gasteiger partial charge in [-0.15, -0.1) is 0 Å². The highest BCUT2D eigenvalue weighted by Gasteiger charge is 2.22. The van der Waals surface area contributed by atoms with E-state index in [2.05, 4.69) is 46.8 Å². The third-order valence-corrected chi connectivity index (χ3v) is 4.79. The first kappa shape index (κ1) is 17.0. The minimum absolute atomic E-state index is 0.0636. The summed E-state index contributed by atoms with van der Waals surface area (Å²) in [5, 5.41) is 2.96. The van der Waals surface area contributed by atoms with Crippen LogP contribution in [0, 0.1) is 5.92 Å². The number of aromatic nitrogens is 2. The lowest BCUT2D eigenvalue weighted by atomic mass is 9.98. The predicted molar refractivity (Wildman–Crippen MR) is 96.8 cm³/mol. The summed E-state index contributed by atoms with van der Waals surface area (Å²) in [7, 11) is 0. The van der Waals surface area contributed by atoms with Crippen LogP contribution in [-0.2, 0) is 11.3 Å². The molecule has 1 aliphatic heterocycles. The van der Waals surface area contributed by atoms with Crippen molar-refractivity contribution in [2.45, 2.75) is 46.2 Å². The summed E-state index contributed by atoms with van der Waals surface area (Å²) in [6, 6.07) is 8.77. The summed E-state index contributed by atoms with van der Waals surface area (Å²) in [4.78, 5) is 18.5. The highest BCUT2D eigenvalue weighted by molar-refractivity contribution is 5.76. The number of hydrogen-bond acceptors (Lipinski definition) is 3. The van der Waals surface area contributed by atoms with Crippen LogP contribution in [-0.4, -0.2) is 40.0 Å². The summed E-state index contributed by atoms with van der Waals surface area (Å²) in [5.41, 5.74) is 2.29. The molecule has 2 heterocycles. The Balaban J connectivity index is 1.74. The van der Waals surface area contributed by atoms with E-state index in [1.165, 1.54) is 18.4 Å². The molecule has 1 aliphatic rings. The lowest BCUT2D eigenvalue weighted by Crippen LogP contribution is -2.40. The van der Waals surface area contributed by atoms with Gasteiger partial charge in [0.15, 0.2) is 0 Å². The summed E-state index contributed by atoms with van der Waals surface area (Å²) in [6.45, 7) is 9.82. The van der Waals surface area contributed by atoms with Gasteiger partial charge < -0.3 is 9.88 Å². The number of nitrogens with zero attached hydrogens (tertiary/aromatic N) is 3. The van der Waals surface area contributed by atoms with Crippen LogP contribution in [0.25, 0.3) is 11.0 Å². The number of rotatable bonds is 5. The Morgan fingerprint density at radius 1 is 1.38 bits per heavy atom. The molecule has 1 unspecified atom stereocenters. The summed E-state index contributed by atoms with van der Waals surface area (Å²) < 4.78 is 2.35. The first-order chi connectivity index (χ1) is 11.5. The van der Waals surface area contributed by atoms with Crippen LogP contribution in [0.3, 0.4) is 0 Å². The Bertz CT molecular complexity index is 706. The van der Waals surface area contributed by atoms with E-state index in [1.807, 2.05) is 6.07 Å². The average Bonchev–Trinajstić information content (AvgIpc) is 2.91. The maximum Gasteiger partial charge on any atom is 0.216 e. The standard InChI is InChI=1S/C19H28N4O/c1-14(2)23-18-9-5-4-8-17(18)21-19(23)13-22-10-6-7-16(12-22)11-20-15(3)24/h4-5,8-9,14,16H,6-7,10-13H2,1-3H3,(H,20,24). The molecule has 0 aliphatic carbocycles. The van der Waals surface area contributed by atoms with Gasteiger partial charge in [-0.2, -0.15) is 0 Å². The molecular weight excluding hydrogens is 300 g/mol. The third kappa shape index (κ3) is 3.78. The van der Waals surface area contributed by atoms with Gasteiger partial charge >= 0.3 is 0 Å². The predicted octanol–water partition coefficient (Wildman–Crippen LogP) is 2.97. The van der Waals surface area contributed by atoms with E-state index in [9.17, 15) is 4.79 Å². The number of piperidine rings is 1. The van der Waals surface area contributed by atoms with E-state index in [-0.39, 0.29) is 5.91 Å². The molecular formula is C19H28N4O. The highest BCUT2D eigenvalue weighted by Crippen LogP contribution is 2.24. The SMILES string of the molecule is CC(=O)NCC1CCCN(Cc2nc3ccccc3n2C(C)C)C1. The highest BCUT2D eigenvalue weighted by atomic mass is 16.1. The van der Waals surface area contributed by atoms with Crippen LogP contribution in [0.5, 0.6) is 0 Å². The van der Waals surface area contributed by atoms with Crippen molar-refractivity contribution < 1.29 is 4.79 Å². The number of imidazole rings is 1. The van der Waals surface area contributed by atoms with E-state index in [4.69, 9.17) is 4.98 Å². The van der Waals surface area contributed by atoms with Gasteiger partial charge in [0, 0.05) is 26.1 Å². The average molecular weight is 328 g/mol. The van der Waals surface area contributed by atoms with Crippen molar-refractivity contribution >= 4 is 16.9 Å². The quantitative estimate of drug-likeness (QED) is 0.918. The number of fused-ring (bicyclic) bond motifs is 1. The second-order valence-corrected chi connectivity index (χ2v) is 7.16. The van der Waals surface area contributed by atoms with E-state index in [0.29, 0.717) is 12.0 Å². The molecule has 130 valence electrons. The van der Waals surface area contributed by atoms with E-state index in [0.717, 1.165) is 37.5 Å². The fourth-order valence-electron chi connectivity index (χ4n) is 3.73. The molecule has 1 saturated heterocycles. The van der Waals surface area contributed by atoms with Crippen LogP contribution in [0.1, 0.15) is 45.5 Å². The molecule has 3 rings (SSSR count). The molecule has 2 aromatic rings. The maximum absolute atomic E-state index is 11.1. The van der Waals surface area contributed by atoms with Crippen molar-refractivity contribution in [3.63, 3.8) is 0 Å². The maximum atomic E-state index is 11.1. The molecule has 0 spiro atoms. The first-order valence-electron chi connectivity index (χ1n) is 8.97. The Kier molecular flexibility index (Phi) is 5.19. The second kappa shape index (κ2) is 7.34. The first-order valence-corrected chi connectivity index (χ1v) is 8.97. The number of carbonyl (C=O) groups is 1. The zero-order valence-electron chi connectivity index (χ0n) is 15.0. The van der Waals surface area contributed by atoms with Gasteiger partial charge in [-0.05, 0) is 51.3 Å². The number of nitrogens with one attached hydrogen (secondary N) is 1. The van der Waals surface area contributed by atoms with Crippen molar-refractivity contribution in [2.24, 2.45) is 5.92 Å². The largest absolute Gasteiger partial charge is 0.356 e. The van der Waals surface area contributed by atoms with Gasteiger partial charge in [0.25, 0.3) is 0 Å². The van der Waals surface area contributed by atoms with Gasteiger partial charge in [-0.3, -0.25) is 9.69 Å². The van der Waals surface area contributed by atoms with Gasteiger partial charge in [0.05, 0.1) is 17.6 Å². The van der Waals surface area contributed by atoms with Crippen LogP contribution < -0.4 is 5.32 Å². The van der Waals surface area contributed by atoms with Crippen molar-refractivity contribution in [3.05, 3.63) is 30.1 Å². The van der Waals surface area contributed by atoms with Crippen molar-refractivity contribution in [2.75, 3.05) is 19.6 Å². The van der Waals surface area contributed by atoms with Crippen LogP contribution in [0.2, 0.25) is 0 Å². The Labute approximate surface area is 144 Å². The van der Waals surface area contributed by atoms with E-state index in [1.54, 1.807) is 6.92 Å². The molecule has 1 N–H and O–H groups in total. The molecule has 0 saturated carbocycles. The number of likely N-dealkylation sites (tertiary alicyclic amines) is 1.